The van der Waals surface area contributed by atoms with Crippen molar-refractivity contribution in [3.05, 3.63) is 35.9 Å². The molecular formula is C14H17NO4. The maximum absolute atomic E-state index is 11.8. The van der Waals surface area contributed by atoms with Gasteiger partial charge in [0, 0.05) is 13.0 Å². The van der Waals surface area contributed by atoms with Crippen molar-refractivity contribution in [2.24, 2.45) is 0 Å². The van der Waals surface area contributed by atoms with Crippen molar-refractivity contribution in [2.45, 2.75) is 20.0 Å². The van der Waals surface area contributed by atoms with Crippen LogP contribution in [0.4, 0.5) is 4.79 Å². The largest absolute Gasteiger partial charge is 0.445 e. The van der Waals surface area contributed by atoms with Gasteiger partial charge in [-0.3, -0.25) is 4.79 Å². The highest BCUT2D eigenvalue weighted by molar-refractivity contribution is 5.77. The standard InChI is InChI=1S/C14H17NO4/c1-12(17)7-8-15(9-10-16)14(18)19-11-13-5-3-2-4-6-13/h2-6,10H,7-9,11H2,1H3. The third-order valence-corrected chi connectivity index (χ3v) is 2.49. The first-order chi connectivity index (χ1) is 9.13. The lowest BCUT2D eigenvalue weighted by Crippen LogP contribution is -2.34. The van der Waals surface area contributed by atoms with E-state index in [0.29, 0.717) is 6.29 Å². The van der Waals surface area contributed by atoms with Crippen molar-refractivity contribution in [2.75, 3.05) is 13.1 Å². The van der Waals surface area contributed by atoms with Crippen molar-refractivity contribution < 1.29 is 19.1 Å². The molecule has 5 heteroatoms. The molecule has 0 N–H and O–H groups in total. The van der Waals surface area contributed by atoms with Gasteiger partial charge in [-0.15, -0.1) is 0 Å². The number of benzene rings is 1. The number of hydrogen-bond donors (Lipinski definition) is 0. The van der Waals surface area contributed by atoms with Crippen LogP contribution in [0.2, 0.25) is 0 Å². The van der Waals surface area contributed by atoms with Crippen molar-refractivity contribution in [3.8, 4) is 0 Å². The average molecular weight is 263 g/mol. The molecule has 1 rings (SSSR count). The van der Waals surface area contributed by atoms with Gasteiger partial charge in [0.2, 0.25) is 0 Å². The van der Waals surface area contributed by atoms with E-state index in [2.05, 4.69) is 0 Å². The van der Waals surface area contributed by atoms with Gasteiger partial charge in [-0.1, -0.05) is 30.3 Å². The summed E-state index contributed by atoms with van der Waals surface area (Å²) in [5.74, 6) is -0.0354. The van der Waals surface area contributed by atoms with Crippen molar-refractivity contribution in [1.82, 2.24) is 4.90 Å². The van der Waals surface area contributed by atoms with E-state index in [-0.39, 0.29) is 31.9 Å². The summed E-state index contributed by atoms with van der Waals surface area (Å²) in [6.07, 6.45) is 0.246. The van der Waals surface area contributed by atoms with Crippen LogP contribution in [-0.4, -0.2) is 36.2 Å². The maximum Gasteiger partial charge on any atom is 0.410 e. The molecule has 102 valence electrons. The quantitative estimate of drug-likeness (QED) is 0.704. The molecule has 0 fully saturated rings. The van der Waals surface area contributed by atoms with E-state index in [1.165, 1.54) is 11.8 Å². The van der Waals surface area contributed by atoms with Gasteiger partial charge < -0.3 is 14.4 Å². The minimum absolute atomic E-state index is 0.0354. The number of aldehydes is 1. The summed E-state index contributed by atoms with van der Waals surface area (Å²) in [4.78, 5) is 34.4. The van der Waals surface area contributed by atoms with Gasteiger partial charge in [-0.05, 0) is 12.5 Å². The van der Waals surface area contributed by atoms with Crippen LogP contribution in [0.1, 0.15) is 18.9 Å². The van der Waals surface area contributed by atoms with Crippen LogP contribution < -0.4 is 0 Å². The molecule has 0 saturated carbocycles. The average Bonchev–Trinajstić information content (AvgIpc) is 2.41. The molecule has 0 aliphatic carbocycles. The minimum Gasteiger partial charge on any atom is -0.445 e. The smallest absolute Gasteiger partial charge is 0.410 e. The summed E-state index contributed by atoms with van der Waals surface area (Å²) in [5.41, 5.74) is 0.869. The zero-order valence-electron chi connectivity index (χ0n) is 10.9. The molecule has 0 saturated heterocycles. The molecule has 0 aliphatic rings. The molecule has 5 nitrogen and oxygen atoms in total. The second-order valence-electron chi connectivity index (χ2n) is 4.10. The summed E-state index contributed by atoms with van der Waals surface area (Å²) in [6.45, 7) is 1.71. The van der Waals surface area contributed by atoms with Crippen LogP contribution in [0.15, 0.2) is 30.3 Å². The maximum atomic E-state index is 11.8. The SMILES string of the molecule is CC(=O)CCN(CC=O)C(=O)OCc1ccccc1. The highest BCUT2D eigenvalue weighted by Crippen LogP contribution is 2.03. The second kappa shape index (κ2) is 8.02. The lowest BCUT2D eigenvalue weighted by molar-refractivity contribution is -0.117. The third-order valence-electron chi connectivity index (χ3n) is 2.49. The topological polar surface area (TPSA) is 63.7 Å². The normalized spacial score (nSPS) is 9.74. The summed E-state index contributed by atoms with van der Waals surface area (Å²) in [5, 5.41) is 0. The Balaban J connectivity index is 2.47. The lowest BCUT2D eigenvalue weighted by atomic mass is 10.2. The molecule has 19 heavy (non-hydrogen) atoms. The van der Waals surface area contributed by atoms with E-state index < -0.39 is 6.09 Å². The molecule has 1 aromatic rings. The Labute approximate surface area is 112 Å². The van der Waals surface area contributed by atoms with Crippen LogP contribution in [0.25, 0.3) is 0 Å². The van der Waals surface area contributed by atoms with Crippen LogP contribution in [-0.2, 0) is 20.9 Å². The predicted octanol–water partition coefficient (Wildman–Crippen LogP) is 1.80. The van der Waals surface area contributed by atoms with Crippen molar-refractivity contribution in [3.63, 3.8) is 0 Å². The minimum atomic E-state index is -0.586. The van der Waals surface area contributed by atoms with Gasteiger partial charge in [0.15, 0.2) is 0 Å². The van der Waals surface area contributed by atoms with E-state index >= 15 is 0 Å². The highest BCUT2D eigenvalue weighted by Gasteiger charge is 2.14. The molecule has 0 bridgehead atoms. The molecule has 0 aromatic heterocycles. The molecule has 0 radical (unpaired) electrons. The number of ketones is 1. The Morgan fingerprint density at radius 1 is 1.26 bits per heavy atom. The van der Waals surface area contributed by atoms with Gasteiger partial charge in [-0.2, -0.15) is 0 Å². The zero-order valence-corrected chi connectivity index (χ0v) is 10.9. The first-order valence-corrected chi connectivity index (χ1v) is 6.02. The van der Waals surface area contributed by atoms with Crippen molar-refractivity contribution >= 4 is 18.2 Å². The number of amides is 1. The Bertz CT molecular complexity index is 430. The fourth-order valence-corrected chi connectivity index (χ4v) is 1.45. The second-order valence-corrected chi connectivity index (χ2v) is 4.10. The predicted molar refractivity (Wildman–Crippen MR) is 69.6 cm³/mol. The first kappa shape index (κ1) is 14.9. The van der Waals surface area contributed by atoms with E-state index in [0.717, 1.165) is 5.56 Å². The monoisotopic (exact) mass is 263 g/mol. The summed E-state index contributed by atoms with van der Waals surface area (Å²) in [6, 6.07) is 9.25. The van der Waals surface area contributed by atoms with Gasteiger partial charge in [0.25, 0.3) is 0 Å². The molecule has 0 unspecified atom stereocenters. The van der Waals surface area contributed by atoms with E-state index in [1.54, 1.807) is 0 Å². The Hall–Kier alpha value is -2.17. The summed E-state index contributed by atoms with van der Waals surface area (Å²) < 4.78 is 5.09. The Kier molecular flexibility index (Phi) is 6.29. The van der Waals surface area contributed by atoms with Gasteiger partial charge in [0.1, 0.15) is 18.7 Å². The zero-order chi connectivity index (χ0) is 14.1. The van der Waals surface area contributed by atoms with E-state index in [9.17, 15) is 14.4 Å². The molecule has 0 heterocycles. The van der Waals surface area contributed by atoms with Crippen LogP contribution in [0.5, 0.6) is 0 Å². The third kappa shape index (κ3) is 5.81. The van der Waals surface area contributed by atoms with Gasteiger partial charge >= 0.3 is 6.09 Å². The van der Waals surface area contributed by atoms with Gasteiger partial charge in [-0.25, -0.2) is 4.79 Å². The number of carbonyl (C=O) groups excluding carboxylic acids is 3. The molecule has 0 aliphatic heterocycles. The van der Waals surface area contributed by atoms with E-state index in [4.69, 9.17) is 4.74 Å². The number of carbonyl (C=O) groups is 3. The van der Waals surface area contributed by atoms with Crippen LogP contribution >= 0.6 is 0 Å². The fourth-order valence-electron chi connectivity index (χ4n) is 1.45. The first-order valence-electron chi connectivity index (χ1n) is 6.02. The van der Waals surface area contributed by atoms with E-state index in [1.807, 2.05) is 30.3 Å². The Morgan fingerprint density at radius 2 is 1.95 bits per heavy atom. The van der Waals surface area contributed by atoms with Crippen molar-refractivity contribution in [1.29, 1.82) is 0 Å². The number of Topliss-reactive ketones (excluding diaryl/α,β-unsaturated/α-hetero) is 1. The van der Waals surface area contributed by atoms with Gasteiger partial charge in [0.05, 0.1) is 6.54 Å². The highest BCUT2D eigenvalue weighted by atomic mass is 16.6. The fraction of sp³-hybridized carbons (Fsp3) is 0.357. The Morgan fingerprint density at radius 3 is 2.53 bits per heavy atom. The van der Waals surface area contributed by atoms with Crippen LogP contribution in [0, 0.1) is 0 Å². The number of hydrogen-bond acceptors (Lipinski definition) is 4. The number of rotatable bonds is 7. The summed E-state index contributed by atoms with van der Waals surface area (Å²) >= 11 is 0. The molecule has 0 atom stereocenters. The molecule has 0 spiro atoms. The number of ether oxygens (including phenoxy) is 1. The summed E-state index contributed by atoms with van der Waals surface area (Å²) in [7, 11) is 0. The molecule has 1 amide bonds. The molecular weight excluding hydrogens is 246 g/mol. The molecule has 1 aromatic carbocycles. The van der Waals surface area contributed by atoms with Crippen LogP contribution in [0.3, 0.4) is 0 Å². The number of nitrogens with zero attached hydrogens (tertiary/aromatic N) is 1. The lowest BCUT2D eigenvalue weighted by Gasteiger charge is -2.19.